The summed E-state index contributed by atoms with van der Waals surface area (Å²) in [7, 11) is -5.81. The molecule has 0 bridgehead atoms. The second-order valence-corrected chi connectivity index (χ2v) is 7.57. The lowest BCUT2D eigenvalue weighted by Gasteiger charge is -2.32. The van der Waals surface area contributed by atoms with Crippen molar-refractivity contribution in [3.63, 3.8) is 0 Å². The summed E-state index contributed by atoms with van der Waals surface area (Å²) in [6.45, 7) is 5.35. The molecule has 0 unspecified atom stereocenters. The maximum atomic E-state index is 12.5. The van der Waals surface area contributed by atoms with E-state index >= 15 is 0 Å². The van der Waals surface area contributed by atoms with E-state index in [4.69, 9.17) is 0 Å². The van der Waals surface area contributed by atoms with Gasteiger partial charge in [-0.1, -0.05) is 48.5 Å². The first kappa shape index (κ1) is 20.7. The van der Waals surface area contributed by atoms with E-state index in [0.29, 0.717) is 11.8 Å². The van der Waals surface area contributed by atoms with Crippen molar-refractivity contribution in [1.82, 2.24) is 0 Å². The minimum atomic E-state index is -5.81. The highest BCUT2D eigenvalue weighted by Gasteiger charge is 2.48. The Bertz CT molecular complexity index is 923. The van der Waals surface area contributed by atoms with Crippen molar-refractivity contribution in [2.75, 3.05) is 0 Å². The Balaban J connectivity index is 2.49. The molecule has 0 fully saturated rings. The molecule has 0 aliphatic rings. The number of hydrogen-bond donors (Lipinski definition) is 0. The van der Waals surface area contributed by atoms with Crippen LogP contribution in [0, 0.1) is 0 Å². The third-order valence-electron chi connectivity index (χ3n) is 4.23. The molecular formula is C19H17F3O4S. The average Bonchev–Trinajstić information content (AvgIpc) is 2.62. The van der Waals surface area contributed by atoms with Crippen LogP contribution >= 0.6 is 0 Å². The first-order valence-corrected chi connectivity index (χ1v) is 9.21. The molecule has 2 rings (SSSR count). The van der Waals surface area contributed by atoms with Gasteiger partial charge in [0, 0.05) is 5.92 Å². The Morgan fingerprint density at radius 3 is 2.22 bits per heavy atom. The van der Waals surface area contributed by atoms with Gasteiger partial charge < -0.3 is 8.98 Å². The Hall–Kier alpha value is -2.61. The summed E-state index contributed by atoms with van der Waals surface area (Å²) >= 11 is 0. The molecule has 0 aliphatic carbocycles. The van der Waals surface area contributed by atoms with Crippen molar-refractivity contribution in [1.29, 1.82) is 0 Å². The fourth-order valence-electron chi connectivity index (χ4n) is 2.77. The monoisotopic (exact) mass is 398 g/mol. The highest BCUT2D eigenvalue weighted by Crippen LogP contribution is 2.39. The molecule has 0 spiro atoms. The van der Waals surface area contributed by atoms with Crippen molar-refractivity contribution in [3.8, 4) is 5.75 Å². The molecule has 0 heterocycles. The van der Waals surface area contributed by atoms with Gasteiger partial charge in [0.05, 0.1) is 5.41 Å². The molecule has 2 atom stereocenters. The van der Waals surface area contributed by atoms with Crippen molar-refractivity contribution < 1.29 is 30.6 Å². The van der Waals surface area contributed by atoms with Crippen LogP contribution in [0.1, 0.15) is 24.0 Å². The van der Waals surface area contributed by atoms with Crippen molar-refractivity contribution in [2.45, 2.75) is 23.8 Å². The Labute approximate surface area is 155 Å². The lowest BCUT2D eigenvalue weighted by Crippen LogP contribution is -2.31. The number of benzene rings is 2. The summed E-state index contributed by atoms with van der Waals surface area (Å²) in [5.74, 6) is -1.03. The highest BCUT2D eigenvalue weighted by molar-refractivity contribution is 7.88. The Morgan fingerprint density at radius 1 is 1.07 bits per heavy atom. The van der Waals surface area contributed by atoms with Crippen LogP contribution in [-0.2, 0) is 20.3 Å². The van der Waals surface area contributed by atoms with Crippen LogP contribution in [0.2, 0.25) is 0 Å². The largest absolute Gasteiger partial charge is 0.534 e. The third-order valence-corrected chi connectivity index (χ3v) is 5.21. The molecule has 0 radical (unpaired) electrons. The summed E-state index contributed by atoms with van der Waals surface area (Å²) in [4.78, 5) is 12.0. The summed E-state index contributed by atoms with van der Waals surface area (Å²) in [6, 6.07) is 14.0. The maximum Gasteiger partial charge on any atom is 0.534 e. The molecule has 0 saturated carbocycles. The van der Waals surface area contributed by atoms with Gasteiger partial charge in [0.2, 0.25) is 0 Å². The van der Waals surface area contributed by atoms with Crippen molar-refractivity contribution in [3.05, 3.63) is 78.4 Å². The molecule has 2 aromatic rings. The van der Waals surface area contributed by atoms with Gasteiger partial charge in [-0.2, -0.15) is 21.6 Å². The standard InChI is InChI=1S/C19H17F3O4S/c1-3-17(14-8-5-4-6-9-14)18(2,13-23)15-10-7-11-16(12-15)26-27(24,25)19(20,21)22/h3-13,17H,1H2,2H3/t17-,18+/m0/s1. The van der Waals surface area contributed by atoms with Gasteiger partial charge in [-0.15, -0.1) is 6.58 Å². The second-order valence-electron chi connectivity index (χ2n) is 6.04. The fourth-order valence-corrected chi connectivity index (χ4v) is 3.22. The minimum Gasteiger partial charge on any atom is -0.376 e. The second kappa shape index (κ2) is 7.56. The van der Waals surface area contributed by atoms with Crippen LogP contribution < -0.4 is 4.18 Å². The van der Waals surface area contributed by atoms with Crippen LogP contribution in [0.3, 0.4) is 0 Å². The third kappa shape index (κ3) is 4.21. The van der Waals surface area contributed by atoms with Crippen LogP contribution in [0.4, 0.5) is 13.2 Å². The number of halogens is 3. The maximum absolute atomic E-state index is 12.5. The Kier molecular flexibility index (Phi) is 5.79. The minimum absolute atomic E-state index is 0.293. The van der Waals surface area contributed by atoms with Crippen molar-refractivity contribution >= 4 is 16.4 Å². The number of rotatable bonds is 7. The van der Waals surface area contributed by atoms with E-state index in [9.17, 15) is 26.4 Å². The molecular weight excluding hydrogens is 381 g/mol. The number of alkyl halides is 3. The number of aldehydes is 1. The lowest BCUT2D eigenvalue weighted by molar-refractivity contribution is -0.112. The fraction of sp³-hybridized carbons (Fsp3) is 0.211. The topological polar surface area (TPSA) is 60.4 Å². The summed E-state index contributed by atoms with van der Waals surface area (Å²) in [6.07, 6.45) is 2.22. The number of hydrogen-bond acceptors (Lipinski definition) is 4. The van der Waals surface area contributed by atoms with E-state index in [-0.39, 0.29) is 0 Å². The van der Waals surface area contributed by atoms with E-state index in [1.54, 1.807) is 43.3 Å². The molecule has 8 heteroatoms. The average molecular weight is 398 g/mol. The first-order chi connectivity index (χ1) is 12.5. The quantitative estimate of drug-likeness (QED) is 0.301. The number of carbonyl (C=O) groups excluding carboxylic acids is 1. The predicted molar refractivity (Wildman–Crippen MR) is 94.8 cm³/mol. The molecule has 0 amide bonds. The van der Waals surface area contributed by atoms with Crippen LogP contribution in [-0.4, -0.2) is 20.2 Å². The van der Waals surface area contributed by atoms with E-state index in [1.807, 2.05) is 0 Å². The highest BCUT2D eigenvalue weighted by atomic mass is 32.2. The van der Waals surface area contributed by atoms with Gasteiger partial charge in [-0.3, -0.25) is 0 Å². The SMILES string of the molecule is C=C[C@@H](c1ccccc1)[C@](C)(C=O)c1cccc(OS(=O)(=O)C(F)(F)F)c1. The number of allylic oxidation sites excluding steroid dienone is 1. The van der Waals surface area contributed by atoms with Gasteiger partial charge in [0.15, 0.2) is 0 Å². The molecule has 0 aliphatic heterocycles. The smallest absolute Gasteiger partial charge is 0.376 e. The van der Waals surface area contributed by atoms with E-state index in [0.717, 1.165) is 17.7 Å². The van der Waals surface area contributed by atoms with Gasteiger partial charge in [0.25, 0.3) is 0 Å². The zero-order chi connectivity index (χ0) is 20.3. The lowest BCUT2D eigenvalue weighted by atomic mass is 9.70. The zero-order valence-corrected chi connectivity index (χ0v) is 15.1. The summed E-state index contributed by atoms with van der Waals surface area (Å²) in [5, 5.41) is 0. The predicted octanol–water partition coefficient (Wildman–Crippen LogP) is 4.34. The zero-order valence-electron chi connectivity index (χ0n) is 14.3. The normalized spacial score (nSPS) is 15.4. The van der Waals surface area contributed by atoms with Crippen molar-refractivity contribution in [2.24, 2.45) is 0 Å². The molecule has 0 aromatic heterocycles. The van der Waals surface area contributed by atoms with Gasteiger partial charge >= 0.3 is 15.6 Å². The van der Waals surface area contributed by atoms with Crippen LogP contribution in [0.5, 0.6) is 5.75 Å². The van der Waals surface area contributed by atoms with E-state index in [2.05, 4.69) is 10.8 Å². The summed E-state index contributed by atoms with van der Waals surface area (Å²) < 4.78 is 64.3. The summed E-state index contributed by atoms with van der Waals surface area (Å²) in [5.41, 5.74) is -5.69. The first-order valence-electron chi connectivity index (χ1n) is 7.80. The molecule has 144 valence electrons. The number of carbonyl (C=O) groups is 1. The van der Waals surface area contributed by atoms with E-state index in [1.165, 1.54) is 12.1 Å². The molecule has 0 N–H and O–H groups in total. The molecule has 27 heavy (non-hydrogen) atoms. The van der Waals surface area contributed by atoms with Crippen LogP contribution in [0.25, 0.3) is 0 Å². The van der Waals surface area contributed by atoms with E-state index < -0.39 is 32.7 Å². The van der Waals surface area contributed by atoms with Gasteiger partial charge in [-0.05, 0) is 30.2 Å². The Morgan fingerprint density at radius 2 is 1.70 bits per heavy atom. The molecule has 4 nitrogen and oxygen atoms in total. The van der Waals surface area contributed by atoms with Gasteiger partial charge in [-0.25, -0.2) is 0 Å². The molecule has 0 saturated heterocycles. The molecule has 2 aromatic carbocycles. The van der Waals surface area contributed by atoms with Gasteiger partial charge in [0.1, 0.15) is 12.0 Å². The van der Waals surface area contributed by atoms with Crippen LogP contribution in [0.15, 0.2) is 67.3 Å².